The summed E-state index contributed by atoms with van der Waals surface area (Å²) >= 11 is 0. The number of nitrogens with two attached hydrogens (primary N) is 2. The maximum absolute atomic E-state index is 13.9. The number of halogens is 1. The predicted molar refractivity (Wildman–Crippen MR) is 102 cm³/mol. The molecule has 0 spiro atoms. The van der Waals surface area contributed by atoms with Gasteiger partial charge in [-0.15, -0.1) is 0 Å². The highest BCUT2D eigenvalue weighted by atomic mass is 19.1. The molecule has 2 bridgehead atoms. The Balaban J connectivity index is 1.96. The maximum Gasteiger partial charge on any atom is 0.271 e. The molecule has 0 aliphatic carbocycles. The van der Waals surface area contributed by atoms with Crippen molar-refractivity contribution in [2.45, 2.75) is 19.6 Å². The summed E-state index contributed by atoms with van der Waals surface area (Å²) in [6.45, 7) is 1.58. The molecule has 4 rings (SSSR count). The van der Waals surface area contributed by atoms with Crippen molar-refractivity contribution in [2.24, 2.45) is 5.73 Å². The molecule has 0 fully saturated rings. The van der Waals surface area contributed by atoms with Gasteiger partial charge in [0.25, 0.3) is 17.7 Å². The lowest BCUT2D eigenvalue weighted by atomic mass is 10.0. The maximum atomic E-state index is 13.9. The average molecular weight is 412 g/mol. The zero-order chi connectivity index (χ0) is 21.6. The van der Waals surface area contributed by atoms with E-state index in [1.807, 2.05) is 0 Å². The second-order valence-corrected chi connectivity index (χ2v) is 6.79. The van der Waals surface area contributed by atoms with E-state index in [9.17, 15) is 14.0 Å². The van der Waals surface area contributed by atoms with Crippen molar-refractivity contribution in [1.82, 2.24) is 20.0 Å². The van der Waals surface area contributed by atoms with Gasteiger partial charge in [0.15, 0.2) is 17.3 Å². The number of aromatic nitrogens is 3. The third-order valence-electron chi connectivity index (χ3n) is 4.72. The number of carbonyl (C=O) groups is 2. The molecule has 0 saturated heterocycles. The zero-order valence-electron chi connectivity index (χ0n) is 16.0. The molecule has 11 heteroatoms. The second kappa shape index (κ2) is 7.10. The summed E-state index contributed by atoms with van der Waals surface area (Å²) in [5.41, 5.74) is 12.0. The summed E-state index contributed by atoms with van der Waals surface area (Å²) < 4.78 is 25.0. The molecular formula is C19H17FN6O4. The monoisotopic (exact) mass is 412 g/mol. The van der Waals surface area contributed by atoms with Crippen molar-refractivity contribution in [3.8, 4) is 17.1 Å². The first-order valence-electron chi connectivity index (χ1n) is 8.89. The van der Waals surface area contributed by atoms with Crippen molar-refractivity contribution >= 4 is 17.6 Å². The van der Waals surface area contributed by atoms with Crippen LogP contribution in [0.2, 0.25) is 0 Å². The molecule has 0 unspecified atom stereocenters. The molecule has 0 saturated carbocycles. The van der Waals surface area contributed by atoms with Crippen LogP contribution < -0.4 is 16.2 Å². The molecule has 2 aromatic heterocycles. The minimum atomic E-state index is -0.837. The second-order valence-electron chi connectivity index (χ2n) is 6.79. The normalized spacial score (nSPS) is 16.0. The smallest absolute Gasteiger partial charge is 0.271 e. The number of fused-ring (bicyclic) bond motifs is 5. The first-order chi connectivity index (χ1) is 14.3. The fraction of sp³-hybridized carbons (Fsp3) is 0.211. The number of rotatable bonds is 1. The van der Waals surface area contributed by atoms with Crippen LogP contribution in [0.25, 0.3) is 11.3 Å². The van der Waals surface area contributed by atoms with E-state index in [2.05, 4.69) is 15.1 Å². The van der Waals surface area contributed by atoms with Gasteiger partial charge in [-0.1, -0.05) is 5.16 Å². The summed E-state index contributed by atoms with van der Waals surface area (Å²) in [5, 5.41) is 3.72. The van der Waals surface area contributed by atoms with Crippen molar-refractivity contribution in [2.75, 3.05) is 12.8 Å². The van der Waals surface area contributed by atoms with Gasteiger partial charge >= 0.3 is 0 Å². The third-order valence-corrected chi connectivity index (χ3v) is 4.72. The number of nitrogens with zero attached hydrogens (tertiary/aromatic N) is 4. The van der Waals surface area contributed by atoms with Crippen LogP contribution in [-0.2, 0) is 6.54 Å². The number of primary amides is 1. The van der Waals surface area contributed by atoms with Gasteiger partial charge in [-0.05, 0) is 25.1 Å². The zero-order valence-corrected chi connectivity index (χ0v) is 16.0. The summed E-state index contributed by atoms with van der Waals surface area (Å²) in [6.07, 6.45) is 0.535. The van der Waals surface area contributed by atoms with Crippen molar-refractivity contribution in [1.29, 1.82) is 0 Å². The minimum Gasteiger partial charge on any atom is -0.467 e. The lowest BCUT2D eigenvalue weighted by Gasteiger charge is -2.23. The molecule has 0 radical (unpaired) electrons. The topological polar surface area (TPSA) is 150 Å². The number of anilines is 1. The first kappa shape index (κ1) is 19.3. The van der Waals surface area contributed by atoms with Crippen LogP contribution in [0.4, 0.5) is 10.2 Å². The molecule has 30 heavy (non-hydrogen) atoms. The highest BCUT2D eigenvalue weighted by Gasteiger charge is 2.29. The highest BCUT2D eigenvalue weighted by Crippen LogP contribution is 2.33. The average Bonchev–Trinajstić information content (AvgIpc) is 3.12. The Labute approximate surface area is 169 Å². The van der Waals surface area contributed by atoms with Gasteiger partial charge in [-0.25, -0.2) is 14.4 Å². The Bertz CT molecular complexity index is 1180. The fourth-order valence-electron chi connectivity index (χ4n) is 3.24. The summed E-state index contributed by atoms with van der Waals surface area (Å²) in [4.78, 5) is 34.7. The van der Waals surface area contributed by atoms with Gasteiger partial charge in [0, 0.05) is 18.2 Å². The van der Waals surface area contributed by atoms with Gasteiger partial charge in [0.1, 0.15) is 11.9 Å². The van der Waals surface area contributed by atoms with E-state index in [0.29, 0.717) is 5.56 Å². The number of hydrogen-bond acceptors (Lipinski definition) is 8. The predicted octanol–water partition coefficient (Wildman–Crippen LogP) is 1.68. The van der Waals surface area contributed by atoms with Crippen LogP contribution in [0, 0.1) is 5.82 Å². The van der Waals surface area contributed by atoms with Crippen molar-refractivity contribution < 1.29 is 23.2 Å². The molecule has 1 atom stereocenters. The molecule has 1 aromatic carbocycles. The third kappa shape index (κ3) is 3.19. The van der Waals surface area contributed by atoms with E-state index in [1.54, 1.807) is 6.92 Å². The molecule has 4 N–H and O–H groups in total. The summed E-state index contributed by atoms with van der Waals surface area (Å²) in [6, 6.07) is 3.77. The van der Waals surface area contributed by atoms with Crippen LogP contribution in [-0.4, -0.2) is 38.9 Å². The van der Waals surface area contributed by atoms with E-state index in [-0.39, 0.29) is 46.5 Å². The Morgan fingerprint density at radius 3 is 2.87 bits per heavy atom. The largest absolute Gasteiger partial charge is 0.467 e. The first-order valence-corrected chi connectivity index (χ1v) is 8.89. The van der Waals surface area contributed by atoms with Crippen LogP contribution >= 0.6 is 0 Å². The van der Waals surface area contributed by atoms with Gasteiger partial charge in [0.2, 0.25) is 0 Å². The Morgan fingerprint density at radius 2 is 2.13 bits per heavy atom. The van der Waals surface area contributed by atoms with Gasteiger partial charge in [0.05, 0.1) is 24.0 Å². The van der Waals surface area contributed by atoms with Gasteiger partial charge in [-0.3, -0.25) is 9.59 Å². The van der Waals surface area contributed by atoms with Crippen molar-refractivity contribution in [3.63, 3.8) is 0 Å². The molecule has 1 aliphatic heterocycles. The lowest BCUT2D eigenvalue weighted by molar-refractivity contribution is 0.0766. The fourth-order valence-corrected chi connectivity index (χ4v) is 3.24. The SMILES string of the molecule is C[C@H]1Oc2nc(cnc2N)-c2c(C(N)=O)noc2CN(C)C(=O)c2ccc(F)cc21. The summed E-state index contributed by atoms with van der Waals surface area (Å²) in [5.74, 6) is -1.69. The highest BCUT2D eigenvalue weighted by molar-refractivity contribution is 5.98. The molecule has 10 nitrogen and oxygen atoms in total. The standard InChI is InChI=1S/C19H17FN6O4/c1-8-11-5-9(20)3-4-10(11)19(28)26(2)7-13-14(15(17(22)27)25-30-13)12-6-23-16(21)18(24-12)29-8/h3-6,8H,7H2,1-2H3,(H2,21,23)(H2,22,27)/t8-/m1/s1. The minimum absolute atomic E-state index is 0.0253. The van der Waals surface area contributed by atoms with E-state index in [0.717, 1.165) is 0 Å². The van der Waals surface area contributed by atoms with E-state index in [4.69, 9.17) is 20.7 Å². The van der Waals surface area contributed by atoms with Crippen LogP contribution in [0.1, 0.15) is 45.2 Å². The van der Waals surface area contributed by atoms with Crippen molar-refractivity contribution in [3.05, 3.63) is 52.8 Å². The molecule has 3 heterocycles. The lowest BCUT2D eigenvalue weighted by Crippen LogP contribution is -2.28. The van der Waals surface area contributed by atoms with E-state index >= 15 is 0 Å². The number of benzene rings is 1. The van der Waals surface area contributed by atoms with E-state index < -0.39 is 23.7 Å². The number of ether oxygens (including phenoxy) is 1. The van der Waals surface area contributed by atoms with Gasteiger partial charge in [-0.2, -0.15) is 0 Å². The molecule has 3 aromatic rings. The Kier molecular flexibility index (Phi) is 4.57. The molecule has 154 valence electrons. The Hall–Kier alpha value is -4.02. The quantitative estimate of drug-likeness (QED) is 0.613. The van der Waals surface area contributed by atoms with Crippen LogP contribution in [0.5, 0.6) is 5.88 Å². The number of amides is 2. The van der Waals surface area contributed by atoms with E-state index in [1.165, 1.54) is 36.3 Å². The number of carbonyl (C=O) groups excluding carboxylic acids is 2. The van der Waals surface area contributed by atoms with Crippen LogP contribution in [0.15, 0.2) is 28.9 Å². The number of hydrogen-bond donors (Lipinski definition) is 2. The number of nitrogen functional groups attached to an aromatic ring is 1. The summed E-state index contributed by atoms with van der Waals surface area (Å²) in [7, 11) is 1.53. The van der Waals surface area contributed by atoms with Gasteiger partial charge < -0.3 is 25.6 Å². The molecule has 2 amide bonds. The molecule has 1 aliphatic rings. The van der Waals surface area contributed by atoms with Crippen LogP contribution in [0.3, 0.4) is 0 Å². The Morgan fingerprint density at radius 1 is 1.37 bits per heavy atom. The molecular weight excluding hydrogens is 395 g/mol.